The molecule has 0 atom stereocenters. The highest BCUT2D eigenvalue weighted by Gasteiger charge is 2.25. The van der Waals surface area contributed by atoms with Crippen LogP contribution in [0.2, 0.25) is 0 Å². The van der Waals surface area contributed by atoms with Crippen molar-refractivity contribution in [2.24, 2.45) is 0 Å². The number of phenolic OH excluding ortho intramolecular Hbond substituents is 1. The Balaban J connectivity index is 2.36. The van der Waals surface area contributed by atoms with Crippen LogP contribution in [0.1, 0.15) is 0 Å². The minimum Gasteiger partial charge on any atom is -0.506 e. The van der Waals surface area contributed by atoms with Crippen LogP contribution in [0.15, 0.2) is 64.4 Å². The Hall–Kier alpha value is -2.66. The minimum absolute atomic E-state index is 0.129. The number of fused-ring (bicyclic) bond motifs is 1. The Morgan fingerprint density at radius 2 is 1.42 bits per heavy atom. The number of para-hydroxylation sites is 1. The fraction of sp³-hybridized carbons (Fsp3) is 0. The van der Waals surface area contributed by atoms with Crippen LogP contribution in [0.5, 0.6) is 5.75 Å². The second-order valence-electron chi connectivity index (χ2n) is 5.39. The normalized spacial score (nSPS) is 12.2. The molecule has 0 radical (unpaired) electrons. The summed E-state index contributed by atoms with van der Waals surface area (Å²) in [7, 11) is -9.45. The third-order valence-electron chi connectivity index (χ3n) is 3.66. The van der Waals surface area contributed by atoms with Gasteiger partial charge in [0.1, 0.15) is 10.6 Å². The van der Waals surface area contributed by atoms with E-state index in [2.05, 4.69) is 5.32 Å². The summed E-state index contributed by atoms with van der Waals surface area (Å²) in [6.45, 7) is 0. The SMILES string of the molecule is O=S(=O)(O)c1ccccc1Nc1c(S(=O)(=O)O)c(O)cc2ccccc12. The second-order valence-corrected chi connectivity index (χ2v) is 8.14. The number of nitrogens with one attached hydrogen (secondary N) is 1. The average Bonchev–Trinajstić information content (AvgIpc) is 2.53. The molecule has 0 saturated carbocycles. The molecule has 3 aromatic carbocycles. The molecule has 0 aliphatic heterocycles. The van der Waals surface area contributed by atoms with Crippen molar-refractivity contribution in [1.82, 2.24) is 0 Å². The van der Waals surface area contributed by atoms with Crippen molar-refractivity contribution >= 4 is 42.4 Å². The van der Waals surface area contributed by atoms with E-state index < -0.39 is 35.8 Å². The molecule has 0 spiro atoms. The van der Waals surface area contributed by atoms with Gasteiger partial charge in [-0.15, -0.1) is 0 Å². The van der Waals surface area contributed by atoms with Crippen molar-refractivity contribution in [3.63, 3.8) is 0 Å². The first-order valence-corrected chi connectivity index (χ1v) is 10.0. The Labute approximate surface area is 149 Å². The topological polar surface area (TPSA) is 141 Å². The van der Waals surface area contributed by atoms with Gasteiger partial charge in [0.25, 0.3) is 20.2 Å². The molecular weight excluding hydrogens is 382 g/mol. The molecule has 26 heavy (non-hydrogen) atoms. The summed E-state index contributed by atoms with van der Waals surface area (Å²) >= 11 is 0. The molecule has 0 aliphatic rings. The van der Waals surface area contributed by atoms with Crippen LogP contribution >= 0.6 is 0 Å². The molecule has 10 heteroatoms. The van der Waals surface area contributed by atoms with Gasteiger partial charge in [0.15, 0.2) is 4.90 Å². The molecule has 0 aromatic heterocycles. The van der Waals surface area contributed by atoms with Crippen molar-refractivity contribution < 1.29 is 31.0 Å². The lowest BCUT2D eigenvalue weighted by Crippen LogP contribution is -2.07. The Bertz CT molecular complexity index is 1220. The quantitative estimate of drug-likeness (QED) is 0.494. The molecule has 0 bridgehead atoms. The van der Waals surface area contributed by atoms with E-state index in [0.29, 0.717) is 10.8 Å². The third-order valence-corrected chi connectivity index (χ3v) is 5.51. The van der Waals surface area contributed by atoms with E-state index in [1.54, 1.807) is 18.2 Å². The predicted molar refractivity (Wildman–Crippen MR) is 95.0 cm³/mol. The lowest BCUT2D eigenvalue weighted by molar-refractivity contribution is 0.445. The summed E-state index contributed by atoms with van der Waals surface area (Å²) in [5.74, 6) is -0.710. The van der Waals surface area contributed by atoms with E-state index in [9.17, 15) is 31.0 Å². The van der Waals surface area contributed by atoms with Crippen molar-refractivity contribution in [3.05, 3.63) is 54.6 Å². The molecule has 0 heterocycles. The zero-order chi connectivity index (χ0) is 19.1. The summed E-state index contributed by atoms with van der Waals surface area (Å²) in [6.07, 6.45) is 0. The monoisotopic (exact) mass is 395 g/mol. The molecule has 136 valence electrons. The highest BCUT2D eigenvalue weighted by molar-refractivity contribution is 7.86. The predicted octanol–water partition coefficient (Wildman–Crippen LogP) is 2.78. The van der Waals surface area contributed by atoms with Gasteiger partial charge in [0, 0.05) is 5.39 Å². The zero-order valence-electron chi connectivity index (χ0n) is 13.0. The van der Waals surface area contributed by atoms with E-state index in [1.165, 1.54) is 24.3 Å². The van der Waals surface area contributed by atoms with Gasteiger partial charge in [0.05, 0.1) is 11.4 Å². The van der Waals surface area contributed by atoms with Crippen LogP contribution in [0.4, 0.5) is 11.4 Å². The zero-order valence-corrected chi connectivity index (χ0v) is 14.6. The number of hydrogen-bond donors (Lipinski definition) is 4. The van der Waals surface area contributed by atoms with E-state index in [1.807, 2.05) is 0 Å². The fourth-order valence-corrected chi connectivity index (χ4v) is 4.02. The van der Waals surface area contributed by atoms with Gasteiger partial charge >= 0.3 is 0 Å². The van der Waals surface area contributed by atoms with Crippen LogP contribution in [-0.4, -0.2) is 31.0 Å². The molecule has 0 unspecified atom stereocenters. The molecular formula is C16H13NO7S2. The number of benzene rings is 3. The number of anilines is 2. The lowest BCUT2D eigenvalue weighted by Gasteiger charge is -2.16. The number of hydrogen-bond acceptors (Lipinski definition) is 6. The maximum absolute atomic E-state index is 11.8. The fourth-order valence-electron chi connectivity index (χ4n) is 2.63. The minimum atomic E-state index is -4.85. The van der Waals surface area contributed by atoms with Crippen molar-refractivity contribution in [2.45, 2.75) is 9.79 Å². The van der Waals surface area contributed by atoms with Gasteiger partial charge in [-0.25, -0.2) is 0 Å². The first kappa shape index (κ1) is 18.1. The first-order valence-electron chi connectivity index (χ1n) is 7.15. The first-order chi connectivity index (χ1) is 12.1. The summed E-state index contributed by atoms with van der Waals surface area (Å²) < 4.78 is 65.5. The molecule has 0 fully saturated rings. The van der Waals surface area contributed by atoms with Crippen molar-refractivity contribution in [3.8, 4) is 5.75 Å². The maximum Gasteiger partial charge on any atom is 0.300 e. The average molecular weight is 395 g/mol. The number of aromatic hydroxyl groups is 1. The number of phenols is 1. The van der Waals surface area contributed by atoms with Crippen LogP contribution in [0.3, 0.4) is 0 Å². The third kappa shape index (κ3) is 3.35. The van der Waals surface area contributed by atoms with Crippen LogP contribution < -0.4 is 5.32 Å². The molecule has 0 amide bonds. The van der Waals surface area contributed by atoms with E-state index in [0.717, 1.165) is 12.1 Å². The molecule has 0 saturated heterocycles. The standard InChI is InChI=1S/C16H13NO7S2/c18-13-9-10-5-1-2-6-11(10)15(16(13)26(22,23)24)17-12-7-3-4-8-14(12)25(19,20)21/h1-9,17-18H,(H,19,20,21)(H,22,23,24). The van der Waals surface area contributed by atoms with Gasteiger partial charge in [-0.3, -0.25) is 9.11 Å². The van der Waals surface area contributed by atoms with Gasteiger partial charge < -0.3 is 10.4 Å². The molecule has 8 nitrogen and oxygen atoms in total. The molecule has 3 aromatic rings. The van der Waals surface area contributed by atoms with Gasteiger partial charge in [-0.1, -0.05) is 36.4 Å². The number of rotatable bonds is 4. The Morgan fingerprint density at radius 3 is 2.08 bits per heavy atom. The summed E-state index contributed by atoms with van der Waals surface area (Å²) in [5.41, 5.74) is -0.352. The lowest BCUT2D eigenvalue weighted by atomic mass is 10.1. The molecule has 0 aliphatic carbocycles. The summed E-state index contributed by atoms with van der Waals surface area (Å²) in [5, 5.41) is 13.4. The largest absolute Gasteiger partial charge is 0.506 e. The van der Waals surface area contributed by atoms with Crippen LogP contribution in [-0.2, 0) is 20.2 Å². The van der Waals surface area contributed by atoms with Gasteiger partial charge in [-0.05, 0) is 23.6 Å². The highest BCUT2D eigenvalue weighted by atomic mass is 32.2. The van der Waals surface area contributed by atoms with Crippen molar-refractivity contribution in [1.29, 1.82) is 0 Å². The summed E-state index contributed by atoms with van der Waals surface area (Å²) in [6, 6.07) is 12.8. The highest BCUT2D eigenvalue weighted by Crippen LogP contribution is 2.40. The molecule has 4 N–H and O–H groups in total. The van der Waals surface area contributed by atoms with Gasteiger partial charge in [0.2, 0.25) is 0 Å². The van der Waals surface area contributed by atoms with E-state index in [-0.39, 0.29) is 11.4 Å². The Morgan fingerprint density at radius 1 is 0.808 bits per heavy atom. The van der Waals surface area contributed by atoms with Gasteiger partial charge in [-0.2, -0.15) is 16.8 Å². The maximum atomic E-state index is 11.8. The second kappa shape index (κ2) is 6.25. The molecule has 3 rings (SSSR count). The van der Waals surface area contributed by atoms with Crippen molar-refractivity contribution in [2.75, 3.05) is 5.32 Å². The van der Waals surface area contributed by atoms with E-state index in [4.69, 9.17) is 0 Å². The van der Waals surface area contributed by atoms with E-state index >= 15 is 0 Å². The summed E-state index contributed by atoms with van der Waals surface area (Å²) in [4.78, 5) is -1.30. The smallest absolute Gasteiger partial charge is 0.300 e. The van der Waals surface area contributed by atoms with Crippen LogP contribution in [0, 0.1) is 0 Å². The Kier molecular flexibility index (Phi) is 4.36. The van der Waals surface area contributed by atoms with Crippen LogP contribution in [0.25, 0.3) is 10.8 Å².